The first-order valence-corrected chi connectivity index (χ1v) is 22.2. The molecule has 290 valence electrons. The van der Waals surface area contributed by atoms with E-state index in [1.807, 2.05) is 0 Å². The number of hydrogen-bond acceptors (Lipinski definition) is 3. The molecular weight excluding hydrogens is 604 g/mol. The van der Waals surface area contributed by atoms with E-state index in [2.05, 4.69) is 26.0 Å². The minimum absolute atomic E-state index is 0.000536. The maximum atomic E-state index is 12.7. The van der Waals surface area contributed by atoms with E-state index in [4.69, 9.17) is 9.84 Å². The van der Waals surface area contributed by atoms with Crippen LogP contribution in [-0.4, -0.2) is 23.1 Å². The van der Waals surface area contributed by atoms with Crippen molar-refractivity contribution in [1.29, 1.82) is 0 Å². The Kier molecular flexibility index (Phi) is 40.0. The average molecular weight is 691 g/mol. The van der Waals surface area contributed by atoms with E-state index < -0.39 is 5.97 Å². The topological polar surface area (TPSA) is 63.6 Å². The van der Waals surface area contributed by atoms with Gasteiger partial charge in [0.15, 0.2) is 0 Å². The molecule has 0 heterocycles. The Bertz CT molecular complexity index is 702. The summed E-state index contributed by atoms with van der Waals surface area (Å²) in [5.74, 6) is -0.697. The van der Waals surface area contributed by atoms with Crippen molar-refractivity contribution in [2.45, 2.75) is 264 Å². The van der Waals surface area contributed by atoms with Crippen LogP contribution in [0.4, 0.5) is 0 Å². The summed E-state index contributed by atoms with van der Waals surface area (Å²) in [6, 6.07) is 0. The van der Waals surface area contributed by atoms with E-state index in [9.17, 15) is 9.59 Å². The average Bonchev–Trinajstić information content (AvgIpc) is 3.09. The quantitative estimate of drug-likeness (QED) is 0.0394. The molecule has 0 bridgehead atoms. The van der Waals surface area contributed by atoms with Gasteiger partial charge in [-0.25, -0.2) is 0 Å². The molecular formula is C45H86O4. The number of carboxylic acids is 1. The molecule has 0 saturated carbocycles. The zero-order chi connectivity index (χ0) is 35.7. The molecule has 4 nitrogen and oxygen atoms in total. The fourth-order valence-electron chi connectivity index (χ4n) is 6.95. The second-order valence-electron chi connectivity index (χ2n) is 15.2. The maximum Gasteiger partial charge on any atom is 0.306 e. The van der Waals surface area contributed by atoms with E-state index in [0.29, 0.717) is 6.42 Å². The lowest BCUT2D eigenvalue weighted by atomic mass is 10.0. The van der Waals surface area contributed by atoms with Crippen LogP contribution in [0.3, 0.4) is 0 Å². The van der Waals surface area contributed by atoms with Crippen molar-refractivity contribution in [3.8, 4) is 0 Å². The lowest BCUT2D eigenvalue weighted by Gasteiger charge is -2.18. The van der Waals surface area contributed by atoms with Gasteiger partial charge in [0.2, 0.25) is 0 Å². The van der Waals surface area contributed by atoms with E-state index in [-0.39, 0.29) is 18.5 Å². The van der Waals surface area contributed by atoms with E-state index >= 15 is 0 Å². The number of esters is 1. The Hall–Kier alpha value is -1.32. The Morgan fingerprint density at radius 3 is 1.10 bits per heavy atom. The summed E-state index contributed by atoms with van der Waals surface area (Å²) in [6.07, 6.45) is 51.0. The van der Waals surface area contributed by atoms with Crippen molar-refractivity contribution in [2.24, 2.45) is 0 Å². The second-order valence-corrected chi connectivity index (χ2v) is 15.2. The van der Waals surface area contributed by atoms with Gasteiger partial charge in [-0.15, -0.1) is 0 Å². The first-order chi connectivity index (χ1) is 24.1. The molecule has 49 heavy (non-hydrogen) atoms. The molecule has 0 spiro atoms. The molecule has 1 atom stereocenters. The predicted molar refractivity (Wildman–Crippen MR) is 213 cm³/mol. The molecule has 0 amide bonds. The highest BCUT2D eigenvalue weighted by Crippen LogP contribution is 2.19. The summed E-state index contributed by atoms with van der Waals surface area (Å²) in [5, 5.41) is 8.84. The molecule has 0 aromatic heterocycles. The van der Waals surface area contributed by atoms with Crippen LogP contribution in [0, 0.1) is 0 Å². The fraction of sp³-hybridized carbons (Fsp3) is 0.911. The van der Waals surface area contributed by atoms with Crippen molar-refractivity contribution < 1.29 is 19.4 Å². The first kappa shape index (κ1) is 47.7. The van der Waals surface area contributed by atoms with Crippen LogP contribution in [-0.2, 0) is 14.3 Å². The summed E-state index contributed by atoms with van der Waals surface area (Å²) >= 11 is 0. The molecule has 0 aliphatic heterocycles. The first-order valence-electron chi connectivity index (χ1n) is 22.2. The number of carbonyl (C=O) groups excluding carboxylic acids is 1. The Balaban J connectivity index is 3.99. The summed E-state index contributed by atoms with van der Waals surface area (Å²) in [5.41, 5.74) is 0. The van der Waals surface area contributed by atoms with E-state index in [1.165, 1.54) is 167 Å². The van der Waals surface area contributed by atoms with Crippen LogP contribution >= 0.6 is 0 Å². The number of unbranched alkanes of at least 4 members (excludes halogenated alkanes) is 30. The third-order valence-corrected chi connectivity index (χ3v) is 10.2. The Morgan fingerprint density at radius 2 is 0.735 bits per heavy atom. The molecule has 0 aliphatic rings. The zero-order valence-corrected chi connectivity index (χ0v) is 33.3. The lowest BCUT2D eigenvalue weighted by molar-refractivity contribution is -0.150. The largest absolute Gasteiger partial charge is 0.481 e. The number of aliphatic carboxylic acids is 1. The monoisotopic (exact) mass is 691 g/mol. The van der Waals surface area contributed by atoms with E-state index in [0.717, 1.165) is 64.2 Å². The van der Waals surface area contributed by atoms with Crippen LogP contribution in [0.15, 0.2) is 12.2 Å². The zero-order valence-electron chi connectivity index (χ0n) is 33.3. The Morgan fingerprint density at radius 1 is 0.429 bits per heavy atom. The van der Waals surface area contributed by atoms with Gasteiger partial charge in [0, 0.05) is 12.8 Å². The summed E-state index contributed by atoms with van der Waals surface area (Å²) in [7, 11) is 0. The highest BCUT2D eigenvalue weighted by Gasteiger charge is 2.14. The maximum absolute atomic E-state index is 12.7. The van der Waals surface area contributed by atoms with Gasteiger partial charge in [-0.2, -0.15) is 0 Å². The Labute approximate surface area is 306 Å². The van der Waals surface area contributed by atoms with Crippen LogP contribution in [0.5, 0.6) is 0 Å². The minimum atomic E-state index is -0.697. The number of carbonyl (C=O) groups is 2. The lowest BCUT2D eigenvalue weighted by Crippen LogP contribution is -2.18. The molecule has 0 radical (unpaired) electrons. The molecule has 0 aliphatic carbocycles. The van der Waals surface area contributed by atoms with Crippen molar-refractivity contribution >= 4 is 11.9 Å². The summed E-state index contributed by atoms with van der Waals surface area (Å²) in [6.45, 7) is 4.56. The fourth-order valence-corrected chi connectivity index (χ4v) is 6.95. The van der Waals surface area contributed by atoms with Gasteiger partial charge < -0.3 is 9.84 Å². The SMILES string of the molecule is CCCCCCCC/C=C\CCCCCCCC(=O)OC(CCCCCCCCCCCCCCCCCC)CCCCCCCC(=O)O. The molecule has 0 saturated heterocycles. The molecule has 4 heteroatoms. The number of rotatable bonds is 41. The highest BCUT2D eigenvalue weighted by atomic mass is 16.5. The van der Waals surface area contributed by atoms with Crippen LogP contribution in [0.1, 0.15) is 258 Å². The van der Waals surface area contributed by atoms with Crippen LogP contribution in [0.25, 0.3) is 0 Å². The molecule has 1 N–H and O–H groups in total. The number of allylic oxidation sites excluding steroid dienone is 2. The predicted octanol–water partition coefficient (Wildman–Crippen LogP) is 15.4. The summed E-state index contributed by atoms with van der Waals surface area (Å²) < 4.78 is 6.03. The smallest absolute Gasteiger partial charge is 0.306 e. The molecule has 0 fully saturated rings. The normalized spacial score (nSPS) is 12.2. The minimum Gasteiger partial charge on any atom is -0.481 e. The van der Waals surface area contributed by atoms with E-state index in [1.54, 1.807) is 0 Å². The van der Waals surface area contributed by atoms with Gasteiger partial charge in [0.1, 0.15) is 6.10 Å². The summed E-state index contributed by atoms with van der Waals surface area (Å²) in [4.78, 5) is 23.5. The van der Waals surface area contributed by atoms with Gasteiger partial charge in [0.25, 0.3) is 0 Å². The highest BCUT2D eigenvalue weighted by molar-refractivity contribution is 5.69. The molecule has 1 unspecified atom stereocenters. The van der Waals surface area contributed by atoms with Crippen molar-refractivity contribution in [2.75, 3.05) is 0 Å². The number of hydrogen-bond donors (Lipinski definition) is 1. The number of carboxylic acid groups (broad SMARTS) is 1. The molecule has 0 rings (SSSR count). The third kappa shape index (κ3) is 41.0. The van der Waals surface area contributed by atoms with Crippen molar-refractivity contribution in [3.05, 3.63) is 12.2 Å². The van der Waals surface area contributed by atoms with Crippen molar-refractivity contribution in [1.82, 2.24) is 0 Å². The molecule has 0 aromatic carbocycles. The van der Waals surface area contributed by atoms with Gasteiger partial charge in [-0.3, -0.25) is 9.59 Å². The van der Waals surface area contributed by atoms with Crippen molar-refractivity contribution in [3.63, 3.8) is 0 Å². The van der Waals surface area contributed by atoms with Gasteiger partial charge in [-0.1, -0.05) is 193 Å². The standard InChI is InChI=1S/C45H86O4/c1-3-5-7-9-11-13-15-17-19-21-22-24-26-28-31-35-39-43(40-36-32-30-33-37-41-44(46)47)49-45(48)42-38-34-29-27-25-23-20-18-16-14-12-10-8-6-4-2/h18,20,43H,3-17,19,21-42H2,1-2H3,(H,46,47)/b20-18-. The third-order valence-electron chi connectivity index (χ3n) is 10.2. The second kappa shape index (κ2) is 41.1. The van der Waals surface area contributed by atoms with Gasteiger partial charge >= 0.3 is 11.9 Å². The number of ether oxygens (including phenoxy) is 1. The van der Waals surface area contributed by atoms with Gasteiger partial charge in [-0.05, 0) is 64.2 Å². The van der Waals surface area contributed by atoms with Crippen LogP contribution < -0.4 is 0 Å². The molecule has 0 aromatic rings. The van der Waals surface area contributed by atoms with Crippen LogP contribution in [0.2, 0.25) is 0 Å². The van der Waals surface area contributed by atoms with Gasteiger partial charge in [0.05, 0.1) is 0 Å².